The number of ether oxygens (including phenoxy) is 1. The second-order valence-electron chi connectivity index (χ2n) is 9.62. The molecule has 0 amide bonds. The van der Waals surface area contributed by atoms with E-state index in [-0.39, 0.29) is 5.41 Å². The monoisotopic (exact) mass is 429 g/mol. The Balaban J connectivity index is 1.50. The second-order valence-corrected chi connectivity index (χ2v) is 9.62. The molecule has 1 saturated heterocycles. The van der Waals surface area contributed by atoms with Crippen molar-refractivity contribution in [3.05, 3.63) is 76.9 Å². The summed E-state index contributed by atoms with van der Waals surface area (Å²) in [5, 5.41) is 0. The number of hydrogen-bond donors (Lipinski definition) is 0. The quantitative estimate of drug-likeness (QED) is 0.432. The van der Waals surface area contributed by atoms with Crippen LogP contribution in [0.15, 0.2) is 49.1 Å². The number of piperidine rings is 1. The number of fused-ring (bicyclic) bond motifs is 1. The van der Waals surface area contributed by atoms with Gasteiger partial charge in [0.15, 0.2) is 0 Å². The number of nitrogens with zero attached hydrogens (tertiary/aromatic N) is 1. The summed E-state index contributed by atoms with van der Waals surface area (Å²) in [5.74, 6) is 1.15. The lowest BCUT2D eigenvalue weighted by molar-refractivity contribution is 0.136. The van der Waals surface area contributed by atoms with E-state index < -0.39 is 0 Å². The Kier molecular flexibility index (Phi) is 7.20. The molecule has 0 saturated carbocycles. The minimum absolute atomic E-state index is 0.186. The van der Waals surface area contributed by atoms with Crippen LogP contribution >= 0.6 is 0 Å². The molecule has 2 heterocycles. The molecule has 0 spiro atoms. The summed E-state index contributed by atoms with van der Waals surface area (Å²) in [5.41, 5.74) is 8.31. The Hall–Kier alpha value is -2.32. The third kappa shape index (κ3) is 4.57. The van der Waals surface area contributed by atoms with Crippen molar-refractivity contribution in [1.82, 2.24) is 4.90 Å². The van der Waals surface area contributed by atoms with Crippen LogP contribution in [0.5, 0.6) is 5.75 Å². The van der Waals surface area contributed by atoms with Gasteiger partial charge < -0.3 is 4.74 Å². The lowest BCUT2D eigenvalue weighted by atomic mass is 9.67. The van der Waals surface area contributed by atoms with Gasteiger partial charge in [0.25, 0.3) is 0 Å². The largest absolute Gasteiger partial charge is 0.493 e. The summed E-state index contributed by atoms with van der Waals surface area (Å²) in [7, 11) is 0. The van der Waals surface area contributed by atoms with Crippen molar-refractivity contribution >= 4 is 11.6 Å². The van der Waals surface area contributed by atoms with E-state index in [0.29, 0.717) is 0 Å². The summed E-state index contributed by atoms with van der Waals surface area (Å²) in [6.07, 6.45) is 11.5. The van der Waals surface area contributed by atoms with Crippen molar-refractivity contribution in [2.24, 2.45) is 5.41 Å². The number of para-hydroxylation sites is 1. The van der Waals surface area contributed by atoms with Crippen LogP contribution in [0.2, 0.25) is 0 Å². The molecule has 2 nitrogen and oxygen atoms in total. The smallest absolute Gasteiger partial charge is 0.127 e. The van der Waals surface area contributed by atoms with Gasteiger partial charge in [0.2, 0.25) is 0 Å². The average Bonchev–Trinajstić information content (AvgIpc) is 3.30. The molecule has 0 atom stereocenters. The first-order valence-corrected chi connectivity index (χ1v) is 12.5. The number of hydrogen-bond acceptors (Lipinski definition) is 2. The molecule has 0 aromatic heterocycles. The standard InChI is InChI=1S/C30H39NO/c1-5-7-8-12-25-13-9-11-23(3)28(25)24(4)30(6-2)17-19-31(20-18-30)22-27-15-10-14-26-16-21-32-29(26)27/h8-15H,4-7,16-22H2,1-3H3/b12-8+. The molecule has 0 bridgehead atoms. The van der Waals surface area contributed by atoms with Gasteiger partial charge in [-0.2, -0.15) is 0 Å². The zero-order valence-electron chi connectivity index (χ0n) is 20.3. The highest BCUT2D eigenvalue weighted by molar-refractivity contribution is 5.78. The maximum Gasteiger partial charge on any atom is 0.127 e. The van der Waals surface area contributed by atoms with Crippen molar-refractivity contribution in [3.63, 3.8) is 0 Å². The van der Waals surface area contributed by atoms with Crippen LogP contribution < -0.4 is 4.74 Å². The van der Waals surface area contributed by atoms with Crippen LogP contribution in [0.1, 0.15) is 73.8 Å². The number of unbranched alkanes of at least 4 members (excludes halogenated alkanes) is 1. The van der Waals surface area contributed by atoms with E-state index in [9.17, 15) is 0 Å². The van der Waals surface area contributed by atoms with E-state index in [1.54, 1.807) is 0 Å². The van der Waals surface area contributed by atoms with Crippen molar-refractivity contribution in [1.29, 1.82) is 0 Å². The first kappa shape index (κ1) is 22.9. The van der Waals surface area contributed by atoms with E-state index >= 15 is 0 Å². The van der Waals surface area contributed by atoms with Crippen LogP contribution in [-0.2, 0) is 13.0 Å². The Bertz CT molecular complexity index is 978. The molecule has 2 aromatic rings. The summed E-state index contributed by atoms with van der Waals surface area (Å²) < 4.78 is 5.95. The van der Waals surface area contributed by atoms with Gasteiger partial charge in [-0.05, 0) is 78.9 Å². The second kappa shape index (κ2) is 10.1. The molecule has 0 unspecified atom stereocenters. The van der Waals surface area contributed by atoms with E-state index in [2.05, 4.69) is 74.2 Å². The zero-order valence-corrected chi connectivity index (χ0v) is 20.3. The molecule has 2 heteroatoms. The first-order valence-electron chi connectivity index (χ1n) is 12.5. The van der Waals surface area contributed by atoms with E-state index in [1.807, 2.05) is 0 Å². The number of allylic oxidation sites excluding steroid dienone is 2. The molecule has 1 fully saturated rings. The van der Waals surface area contributed by atoms with Crippen molar-refractivity contribution in [2.45, 2.75) is 65.8 Å². The minimum Gasteiger partial charge on any atom is -0.493 e. The highest BCUT2D eigenvalue weighted by Crippen LogP contribution is 2.47. The van der Waals surface area contributed by atoms with Crippen molar-refractivity contribution < 1.29 is 4.74 Å². The number of likely N-dealkylation sites (tertiary alicyclic amines) is 1. The Morgan fingerprint density at radius 1 is 1.12 bits per heavy atom. The fourth-order valence-corrected chi connectivity index (χ4v) is 5.54. The molecule has 2 aromatic carbocycles. The van der Waals surface area contributed by atoms with Gasteiger partial charge in [-0.25, -0.2) is 0 Å². The molecule has 0 N–H and O–H groups in total. The van der Waals surface area contributed by atoms with Crippen molar-refractivity contribution in [2.75, 3.05) is 19.7 Å². The number of benzene rings is 2. The lowest BCUT2D eigenvalue weighted by Crippen LogP contribution is -2.40. The fraction of sp³-hybridized carbons (Fsp3) is 0.467. The molecule has 4 rings (SSSR count). The predicted molar refractivity (Wildman–Crippen MR) is 137 cm³/mol. The first-order chi connectivity index (χ1) is 15.6. The number of rotatable bonds is 8. The Morgan fingerprint density at radius 3 is 2.66 bits per heavy atom. The van der Waals surface area contributed by atoms with Crippen LogP contribution in [0, 0.1) is 12.3 Å². The fourth-order valence-electron chi connectivity index (χ4n) is 5.54. The summed E-state index contributed by atoms with van der Waals surface area (Å²) in [6, 6.07) is 13.3. The van der Waals surface area contributed by atoms with Crippen LogP contribution in [0.25, 0.3) is 11.6 Å². The van der Waals surface area contributed by atoms with E-state index in [0.717, 1.165) is 51.3 Å². The average molecular weight is 430 g/mol. The van der Waals surface area contributed by atoms with Gasteiger partial charge in [-0.1, -0.05) is 75.4 Å². The summed E-state index contributed by atoms with van der Waals surface area (Å²) in [4.78, 5) is 2.61. The topological polar surface area (TPSA) is 12.5 Å². The SMILES string of the molecule is C=C(c1c(C)cccc1/C=C/CCC)C1(CC)CCN(Cc2cccc3c2OCC3)CC1. The van der Waals surface area contributed by atoms with Gasteiger partial charge in [-0.3, -0.25) is 4.90 Å². The van der Waals surface area contributed by atoms with Crippen LogP contribution in [0.3, 0.4) is 0 Å². The highest BCUT2D eigenvalue weighted by atomic mass is 16.5. The van der Waals surface area contributed by atoms with E-state index in [4.69, 9.17) is 11.3 Å². The molecule has 2 aliphatic heterocycles. The molecule has 0 aliphatic carbocycles. The van der Waals surface area contributed by atoms with Gasteiger partial charge in [0.05, 0.1) is 6.61 Å². The molecule has 2 aliphatic rings. The maximum atomic E-state index is 5.95. The number of aryl methyl sites for hydroxylation is 1. The normalized spacial score (nSPS) is 18.0. The Morgan fingerprint density at radius 2 is 1.91 bits per heavy atom. The Labute approximate surface area is 195 Å². The highest BCUT2D eigenvalue weighted by Gasteiger charge is 2.37. The zero-order chi connectivity index (χ0) is 22.6. The minimum atomic E-state index is 0.186. The molecular formula is C30H39NO. The maximum absolute atomic E-state index is 5.95. The summed E-state index contributed by atoms with van der Waals surface area (Å²) >= 11 is 0. The van der Waals surface area contributed by atoms with Crippen molar-refractivity contribution in [3.8, 4) is 5.75 Å². The van der Waals surface area contributed by atoms with Gasteiger partial charge >= 0.3 is 0 Å². The molecule has 0 radical (unpaired) electrons. The van der Waals surface area contributed by atoms with Gasteiger partial charge in [0.1, 0.15) is 5.75 Å². The third-order valence-corrected chi connectivity index (χ3v) is 7.68. The molecule has 170 valence electrons. The van der Waals surface area contributed by atoms with Crippen LogP contribution in [0.4, 0.5) is 0 Å². The van der Waals surface area contributed by atoms with Gasteiger partial charge in [0, 0.05) is 18.5 Å². The molecule has 32 heavy (non-hydrogen) atoms. The summed E-state index contributed by atoms with van der Waals surface area (Å²) in [6.45, 7) is 15.6. The van der Waals surface area contributed by atoms with E-state index in [1.165, 1.54) is 52.7 Å². The van der Waals surface area contributed by atoms with Crippen LogP contribution in [-0.4, -0.2) is 24.6 Å². The third-order valence-electron chi connectivity index (χ3n) is 7.68. The lowest BCUT2D eigenvalue weighted by Gasteiger charge is -2.43. The predicted octanol–water partition coefficient (Wildman–Crippen LogP) is 7.45. The van der Waals surface area contributed by atoms with Gasteiger partial charge in [-0.15, -0.1) is 0 Å². The molecular weight excluding hydrogens is 390 g/mol.